The molecule has 4 rings (SSSR count). The highest BCUT2D eigenvalue weighted by Crippen LogP contribution is 2.23. The SMILES string of the molecule is Cn1c(=O)n(C)c2cc(NC(=O)CSc3nnc(-c4ccccc4)o3)ccc21. The average Bonchev–Trinajstić information content (AvgIpc) is 3.27. The molecule has 0 bridgehead atoms. The van der Waals surface area contributed by atoms with Crippen molar-refractivity contribution in [3.63, 3.8) is 0 Å². The number of rotatable bonds is 5. The van der Waals surface area contributed by atoms with Crippen LogP contribution < -0.4 is 11.0 Å². The molecular weight excluding hydrogens is 378 g/mol. The molecule has 0 unspecified atom stereocenters. The molecule has 0 radical (unpaired) electrons. The van der Waals surface area contributed by atoms with Crippen molar-refractivity contribution in [3.8, 4) is 11.5 Å². The van der Waals surface area contributed by atoms with Gasteiger partial charge in [-0.2, -0.15) is 0 Å². The molecule has 0 saturated heterocycles. The zero-order chi connectivity index (χ0) is 19.7. The number of carbonyl (C=O) groups is 1. The number of benzene rings is 2. The highest BCUT2D eigenvalue weighted by Gasteiger charge is 2.12. The van der Waals surface area contributed by atoms with E-state index in [2.05, 4.69) is 15.5 Å². The number of imidazole rings is 1. The summed E-state index contributed by atoms with van der Waals surface area (Å²) in [5.41, 5.74) is 2.89. The average molecular weight is 395 g/mol. The number of hydrogen-bond acceptors (Lipinski definition) is 6. The van der Waals surface area contributed by atoms with E-state index < -0.39 is 0 Å². The van der Waals surface area contributed by atoms with Crippen molar-refractivity contribution in [3.05, 3.63) is 59.0 Å². The second-order valence-corrected chi connectivity index (χ2v) is 7.11. The third-order valence-electron chi connectivity index (χ3n) is 4.31. The Morgan fingerprint density at radius 1 is 1.07 bits per heavy atom. The van der Waals surface area contributed by atoms with E-state index in [1.807, 2.05) is 36.4 Å². The minimum absolute atomic E-state index is 0.111. The van der Waals surface area contributed by atoms with E-state index in [0.29, 0.717) is 16.8 Å². The van der Waals surface area contributed by atoms with Gasteiger partial charge in [-0.1, -0.05) is 30.0 Å². The highest BCUT2D eigenvalue weighted by molar-refractivity contribution is 7.99. The summed E-state index contributed by atoms with van der Waals surface area (Å²) in [5.74, 6) is 0.339. The van der Waals surface area contributed by atoms with Crippen LogP contribution in [0.1, 0.15) is 0 Å². The fraction of sp³-hybridized carbons (Fsp3) is 0.158. The van der Waals surface area contributed by atoms with E-state index >= 15 is 0 Å². The standard InChI is InChI=1S/C19H17N5O3S/c1-23-14-9-8-13(10-15(14)24(2)19(23)26)20-16(25)11-28-18-22-21-17(27-18)12-6-4-3-5-7-12/h3-10H,11H2,1-2H3,(H,20,25). The Kier molecular flexibility index (Phi) is 4.74. The quantitative estimate of drug-likeness (QED) is 0.522. The molecule has 2 heterocycles. The molecule has 142 valence electrons. The smallest absolute Gasteiger partial charge is 0.328 e. The van der Waals surface area contributed by atoms with Gasteiger partial charge in [-0.15, -0.1) is 10.2 Å². The van der Waals surface area contributed by atoms with E-state index in [0.717, 1.165) is 28.4 Å². The van der Waals surface area contributed by atoms with Crippen molar-refractivity contribution in [2.75, 3.05) is 11.1 Å². The number of fused-ring (bicyclic) bond motifs is 1. The largest absolute Gasteiger partial charge is 0.411 e. The van der Waals surface area contributed by atoms with Gasteiger partial charge in [0.25, 0.3) is 5.22 Å². The first-order valence-electron chi connectivity index (χ1n) is 8.50. The Labute approximate surface area is 164 Å². The summed E-state index contributed by atoms with van der Waals surface area (Å²) in [5, 5.41) is 11.1. The Balaban J connectivity index is 1.41. The fourth-order valence-corrected chi connectivity index (χ4v) is 3.44. The zero-order valence-electron chi connectivity index (χ0n) is 15.2. The van der Waals surface area contributed by atoms with Crippen LogP contribution >= 0.6 is 11.8 Å². The molecule has 0 aliphatic carbocycles. The van der Waals surface area contributed by atoms with Gasteiger partial charge in [-0.25, -0.2) is 4.79 Å². The zero-order valence-corrected chi connectivity index (χ0v) is 16.1. The summed E-state index contributed by atoms with van der Waals surface area (Å²) in [4.78, 5) is 24.3. The Morgan fingerprint density at radius 3 is 2.61 bits per heavy atom. The predicted molar refractivity (Wildman–Crippen MR) is 107 cm³/mol. The van der Waals surface area contributed by atoms with Crippen LogP contribution in [-0.4, -0.2) is 31.0 Å². The molecule has 4 aromatic rings. The van der Waals surface area contributed by atoms with Gasteiger partial charge in [-0.3, -0.25) is 13.9 Å². The number of nitrogens with one attached hydrogen (secondary N) is 1. The number of carbonyl (C=O) groups excluding carboxylic acids is 1. The molecule has 0 spiro atoms. The van der Waals surface area contributed by atoms with E-state index in [1.165, 1.54) is 0 Å². The van der Waals surface area contributed by atoms with Crippen molar-refractivity contribution in [1.82, 2.24) is 19.3 Å². The lowest BCUT2D eigenvalue weighted by Gasteiger charge is -2.05. The van der Waals surface area contributed by atoms with Gasteiger partial charge in [0.2, 0.25) is 11.8 Å². The van der Waals surface area contributed by atoms with Crippen LogP contribution in [0.15, 0.2) is 63.0 Å². The molecule has 0 saturated carbocycles. The molecule has 2 aromatic carbocycles. The first kappa shape index (κ1) is 18.1. The number of amides is 1. The van der Waals surface area contributed by atoms with Crippen molar-refractivity contribution < 1.29 is 9.21 Å². The molecule has 0 atom stereocenters. The number of nitrogens with zero attached hydrogens (tertiary/aromatic N) is 4. The van der Waals surface area contributed by atoms with Crippen molar-refractivity contribution >= 4 is 34.4 Å². The maximum atomic E-state index is 12.3. The van der Waals surface area contributed by atoms with Crippen LogP contribution in [0.25, 0.3) is 22.5 Å². The van der Waals surface area contributed by atoms with Gasteiger partial charge >= 0.3 is 5.69 Å². The number of aryl methyl sites for hydroxylation is 2. The van der Waals surface area contributed by atoms with Crippen LogP contribution in [0, 0.1) is 0 Å². The number of hydrogen-bond donors (Lipinski definition) is 1. The van der Waals surface area contributed by atoms with Crippen LogP contribution in [0.3, 0.4) is 0 Å². The van der Waals surface area contributed by atoms with Gasteiger partial charge in [0.15, 0.2) is 0 Å². The van der Waals surface area contributed by atoms with E-state index in [-0.39, 0.29) is 17.3 Å². The van der Waals surface area contributed by atoms with Gasteiger partial charge in [-0.05, 0) is 30.3 Å². The van der Waals surface area contributed by atoms with E-state index in [9.17, 15) is 9.59 Å². The Bertz CT molecular complexity index is 1210. The second kappa shape index (κ2) is 7.35. The molecular formula is C19H17N5O3S. The topological polar surface area (TPSA) is 95.0 Å². The summed E-state index contributed by atoms with van der Waals surface area (Å²) in [6.45, 7) is 0. The predicted octanol–water partition coefficient (Wildman–Crippen LogP) is 2.66. The molecule has 2 aromatic heterocycles. The molecule has 0 aliphatic heterocycles. The van der Waals surface area contributed by atoms with Gasteiger partial charge in [0.1, 0.15) is 0 Å². The third kappa shape index (κ3) is 3.44. The van der Waals surface area contributed by atoms with Crippen molar-refractivity contribution in [1.29, 1.82) is 0 Å². The lowest BCUT2D eigenvalue weighted by Crippen LogP contribution is -2.19. The maximum Gasteiger partial charge on any atom is 0.328 e. The fourth-order valence-electron chi connectivity index (χ4n) is 2.87. The molecule has 8 nitrogen and oxygen atoms in total. The summed E-state index contributed by atoms with van der Waals surface area (Å²) >= 11 is 1.16. The summed E-state index contributed by atoms with van der Waals surface area (Å²) in [7, 11) is 3.42. The molecule has 28 heavy (non-hydrogen) atoms. The summed E-state index contributed by atoms with van der Waals surface area (Å²) in [6, 6.07) is 14.8. The molecule has 9 heteroatoms. The van der Waals surface area contributed by atoms with Gasteiger partial charge in [0, 0.05) is 25.3 Å². The van der Waals surface area contributed by atoms with Crippen LogP contribution in [0.5, 0.6) is 0 Å². The van der Waals surface area contributed by atoms with E-state index in [1.54, 1.807) is 35.4 Å². The lowest BCUT2D eigenvalue weighted by atomic mass is 10.2. The van der Waals surface area contributed by atoms with Crippen molar-refractivity contribution in [2.24, 2.45) is 14.1 Å². The van der Waals surface area contributed by atoms with Crippen LogP contribution in [-0.2, 0) is 18.9 Å². The lowest BCUT2D eigenvalue weighted by molar-refractivity contribution is -0.113. The second-order valence-electron chi connectivity index (χ2n) is 6.18. The van der Waals surface area contributed by atoms with E-state index in [4.69, 9.17) is 4.42 Å². The Morgan fingerprint density at radius 2 is 1.82 bits per heavy atom. The summed E-state index contributed by atoms with van der Waals surface area (Å²) < 4.78 is 8.69. The monoisotopic (exact) mass is 395 g/mol. The molecule has 0 aliphatic rings. The maximum absolute atomic E-state index is 12.3. The summed E-state index contributed by atoms with van der Waals surface area (Å²) in [6.07, 6.45) is 0. The molecule has 1 N–H and O–H groups in total. The normalized spacial score (nSPS) is 11.1. The molecule has 1 amide bonds. The minimum Gasteiger partial charge on any atom is -0.411 e. The van der Waals surface area contributed by atoms with Crippen LogP contribution in [0.4, 0.5) is 5.69 Å². The van der Waals surface area contributed by atoms with Crippen LogP contribution in [0.2, 0.25) is 0 Å². The van der Waals surface area contributed by atoms with Gasteiger partial charge < -0.3 is 9.73 Å². The number of anilines is 1. The first-order chi connectivity index (χ1) is 13.5. The minimum atomic E-state index is -0.204. The molecule has 0 fully saturated rings. The first-order valence-corrected chi connectivity index (χ1v) is 9.48. The highest BCUT2D eigenvalue weighted by atomic mass is 32.2. The third-order valence-corrected chi connectivity index (χ3v) is 5.13. The number of thioether (sulfide) groups is 1. The van der Waals surface area contributed by atoms with Crippen molar-refractivity contribution in [2.45, 2.75) is 5.22 Å². The Hall–Kier alpha value is -3.33. The number of aromatic nitrogens is 4. The van der Waals surface area contributed by atoms with Gasteiger partial charge in [0.05, 0.1) is 16.8 Å².